The molecule has 0 aromatic heterocycles. The summed E-state index contributed by atoms with van der Waals surface area (Å²) in [6, 6.07) is 0. The molecule has 0 radical (unpaired) electrons. The summed E-state index contributed by atoms with van der Waals surface area (Å²) in [4.78, 5) is 22.3. The maximum atomic E-state index is 11.9. The highest BCUT2D eigenvalue weighted by Gasteiger charge is 2.46. The summed E-state index contributed by atoms with van der Waals surface area (Å²) >= 11 is 6.16. The standard InChI is InChI=1S/C12H19ClO3/c1-11(2,3)16-10(15)12(13)8-6-4-5-7-9(12)14/h4-8H2,1-3H3/t12-/m0/s1. The second-order valence-corrected chi connectivity index (χ2v) is 5.93. The molecule has 1 rings (SSSR count). The number of hydrogen-bond donors (Lipinski definition) is 0. The highest BCUT2D eigenvalue weighted by atomic mass is 35.5. The number of Topliss-reactive ketones (excluding diaryl/α,β-unsaturated/α-hetero) is 1. The molecule has 4 heteroatoms. The van der Waals surface area contributed by atoms with E-state index in [4.69, 9.17) is 16.3 Å². The zero-order valence-electron chi connectivity index (χ0n) is 10.1. The number of ketones is 1. The molecular weight excluding hydrogens is 228 g/mol. The minimum absolute atomic E-state index is 0.194. The van der Waals surface area contributed by atoms with Gasteiger partial charge in [0.1, 0.15) is 5.60 Å². The van der Waals surface area contributed by atoms with Crippen LogP contribution in [0.25, 0.3) is 0 Å². The molecule has 0 N–H and O–H groups in total. The van der Waals surface area contributed by atoms with E-state index in [-0.39, 0.29) is 5.78 Å². The molecular formula is C12H19ClO3. The van der Waals surface area contributed by atoms with Gasteiger partial charge in [-0.2, -0.15) is 0 Å². The largest absolute Gasteiger partial charge is 0.458 e. The Morgan fingerprint density at radius 2 is 1.94 bits per heavy atom. The van der Waals surface area contributed by atoms with E-state index >= 15 is 0 Å². The highest BCUT2D eigenvalue weighted by Crippen LogP contribution is 2.32. The molecule has 0 heterocycles. The molecule has 0 bridgehead atoms. The van der Waals surface area contributed by atoms with Crippen LogP contribution < -0.4 is 0 Å². The Kier molecular flexibility index (Phi) is 4.00. The lowest BCUT2D eigenvalue weighted by Crippen LogP contribution is -2.44. The fourth-order valence-corrected chi connectivity index (χ4v) is 2.01. The molecule has 1 aliphatic rings. The fraction of sp³-hybridized carbons (Fsp3) is 0.833. The van der Waals surface area contributed by atoms with Gasteiger partial charge in [0, 0.05) is 6.42 Å². The van der Waals surface area contributed by atoms with Gasteiger partial charge in [0.15, 0.2) is 10.7 Å². The van der Waals surface area contributed by atoms with Crippen LogP contribution in [0.5, 0.6) is 0 Å². The number of rotatable bonds is 1. The molecule has 0 aromatic carbocycles. The number of halogens is 1. The molecule has 1 saturated carbocycles. The van der Waals surface area contributed by atoms with E-state index in [1.165, 1.54) is 0 Å². The van der Waals surface area contributed by atoms with Gasteiger partial charge in [0.2, 0.25) is 0 Å². The van der Waals surface area contributed by atoms with Gasteiger partial charge in [0.25, 0.3) is 0 Å². The van der Waals surface area contributed by atoms with Gasteiger partial charge in [-0.15, -0.1) is 0 Å². The molecule has 0 unspecified atom stereocenters. The van der Waals surface area contributed by atoms with Crippen molar-refractivity contribution in [2.75, 3.05) is 0 Å². The summed E-state index contributed by atoms with van der Waals surface area (Å²) in [5, 5.41) is 0. The molecule has 0 aromatic rings. The number of ether oxygens (including phenoxy) is 1. The normalized spacial score (nSPS) is 27.4. The van der Waals surface area contributed by atoms with Crippen LogP contribution in [-0.2, 0) is 14.3 Å². The van der Waals surface area contributed by atoms with Crippen LogP contribution in [0, 0.1) is 0 Å². The average molecular weight is 247 g/mol. The van der Waals surface area contributed by atoms with Gasteiger partial charge < -0.3 is 4.74 Å². The van der Waals surface area contributed by atoms with Crippen molar-refractivity contribution in [3.8, 4) is 0 Å². The summed E-state index contributed by atoms with van der Waals surface area (Å²) in [5.41, 5.74) is -0.606. The monoisotopic (exact) mass is 246 g/mol. The molecule has 1 atom stereocenters. The Bertz CT molecular complexity index is 293. The van der Waals surface area contributed by atoms with E-state index in [1.807, 2.05) is 0 Å². The maximum Gasteiger partial charge on any atom is 0.335 e. The summed E-state index contributed by atoms with van der Waals surface area (Å²) in [7, 11) is 0. The Balaban J connectivity index is 2.81. The van der Waals surface area contributed by atoms with Gasteiger partial charge in [0.05, 0.1) is 0 Å². The molecule has 16 heavy (non-hydrogen) atoms. The van der Waals surface area contributed by atoms with Crippen LogP contribution in [0.3, 0.4) is 0 Å². The maximum absolute atomic E-state index is 11.9. The third-order valence-electron chi connectivity index (χ3n) is 2.59. The van der Waals surface area contributed by atoms with E-state index in [0.717, 1.165) is 19.3 Å². The quantitative estimate of drug-likeness (QED) is 0.309. The lowest BCUT2D eigenvalue weighted by Gasteiger charge is -2.27. The molecule has 3 nitrogen and oxygen atoms in total. The molecule has 0 amide bonds. The fourth-order valence-electron chi connectivity index (χ4n) is 1.74. The summed E-state index contributed by atoms with van der Waals surface area (Å²) in [5.74, 6) is -0.783. The first-order valence-corrected chi connectivity index (χ1v) is 6.09. The van der Waals surface area contributed by atoms with Crippen molar-refractivity contribution in [3.05, 3.63) is 0 Å². The summed E-state index contributed by atoms with van der Waals surface area (Å²) < 4.78 is 5.21. The van der Waals surface area contributed by atoms with Crippen LogP contribution in [0.2, 0.25) is 0 Å². The predicted molar refractivity (Wildman–Crippen MR) is 62.5 cm³/mol. The van der Waals surface area contributed by atoms with Gasteiger partial charge in [-0.3, -0.25) is 4.79 Å². The minimum Gasteiger partial charge on any atom is -0.458 e. The lowest BCUT2D eigenvalue weighted by atomic mass is 9.97. The number of alkyl halides is 1. The molecule has 92 valence electrons. The molecule has 1 aliphatic carbocycles. The smallest absolute Gasteiger partial charge is 0.335 e. The molecule has 0 aliphatic heterocycles. The minimum atomic E-state index is -1.44. The average Bonchev–Trinajstić information content (AvgIpc) is 2.28. The third-order valence-corrected chi connectivity index (χ3v) is 3.14. The Morgan fingerprint density at radius 1 is 1.31 bits per heavy atom. The molecule has 1 fully saturated rings. The first-order chi connectivity index (χ1) is 7.26. The number of hydrogen-bond acceptors (Lipinski definition) is 3. The molecule has 0 spiro atoms. The number of carbonyl (C=O) groups excluding carboxylic acids is 2. The van der Waals surface area contributed by atoms with Crippen LogP contribution >= 0.6 is 11.6 Å². The lowest BCUT2D eigenvalue weighted by molar-refractivity contribution is -0.160. The van der Waals surface area contributed by atoms with Crippen molar-refractivity contribution < 1.29 is 14.3 Å². The van der Waals surface area contributed by atoms with Crippen LogP contribution in [0.4, 0.5) is 0 Å². The van der Waals surface area contributed by atoms with Crippen molar-refractivity contribution in [2.45, 2.75) is 63.4 Å². The van der Waals surface area contributed by atoms with E-state index in [0.29, 0.717) is 12.8 Å². The van der Waals surface area contributed by atoms with Gasteiger partial charge in [-0.25, -0.2) is 4.79 Å². The Morgan fingerprint density at radius 3 is 2.50 bits per heavy atom. The first-order valence-electron chi connectivity index (χ1n) is 5.71. The molecule has 0 saturated heterocycles. The zero-order chi connectivity index (χ0) is 12.4. The van der Waals surface area contributed by atoms with Gasteiger partial charge in [-0.1, -0.05) is 24.4 Å². The third kappa shape index (κ3) is 3.21. The van der Waals surface area contributed by atoms with Crippen molar-refractivity contribution in [2.24, 2.45) is 0 Å². The van der Waals surface area contributed by atoms with E-state index < -0.39 is 16.4 Å². The van der Waals surface area contributed by atoms with Crippen LogP contribution in [0.15, 0.2) is 0 Å². The summed E-state index contributed by atoms with van der Waals surface area (Å²) in [6.45, 7) is 5.31. The highest BCUT2D eigenvalue weighted by molar-refractivity contribution is 6.45. The van der Waals surface area contributed by atoms with Crippen LogP contribution in [0.1, 0.15) is 52.9 Å². The van der Waals surface area contributed by atoms with Crippen molar-refractivity contribution in [1.29, 1.82) is 0 Å². The van der Waals surface area contributed by atoms with Crippen molar-refractivity contribution in [1.82, 2.24) is 0 Å². The van der Waals surface area contributed by atoms with Crippen LogP contribution in [-0.4, -0.2) is 22.2 Å². The predicted octanol–water partition coefficient (Wildman–Crippen LogP) is 2.84. The SMILES string of the molecule is CC(C)(C)OC(=O)[C@]1(Cl)CCCCCC1=O. The first kappa shape index (κ1) is 13.5. The van der Waals surface area contributed by atoms with E-state index in [1.54, 1.807) is 20.8 Å². The number of carbonyl (C=O) groups is 2. The number of esters is 1. The second-order valence-electron chi connectivity index (χ2n) is 5.29. The topological polar surface area (TPSA) is 43.4 Å². The van der Waals surface area contributed by atoms with E-state index in [9.17, 15) is 9.59 Å². The van der Waals surface area contributed by atoms with Crippen molar-refractivity contribution in [3.63, 3.8) is 0 Å². The van der Waals surface area contributed by atoms with Gasteiger partial charge >= 0.3 is 5.97 Å². The Hall–Kier alpha value is -0.570. The Labute approximate surface area is 101 Å². The second kappa shape index (κ2) is 4.74. The zero-order valence-corrected chi connectivity index (χ0v) is 10.9. The van der Waals surface area contributed by atoms with E-state index in [2.05, 4.69) is 0 Å². The van der Waals surface area contributed by atoms with Gasteiger partial charge in [-0.05, 0) is 33.6 Å². The summed E-state index contributed by atoms with van der Waals surface area (Å²) in [6.07, 6.45) is 3.33. The van der Waals surface area contributed by atoms with Crippen molar-refractivity contribution >= 4 is 23.4 Å².